The Balaban J connectivity index is 0.00000225. The van der Waals surface area contributed by atoms with Gasteiger partial charge < -0.3 is 15.0 Å². The van der Waals surface area contributed by atoms with Gasteiger partial charge in [0.25, 0.3) is 0 Å². The Morgan fingerprint density at radius 2 is 2.00 bits per heavy atom. The van der Waals surface area contributed by atoms with Crippen LogP contribution in [0.25, 0.3) is 22.0 Å². The Kier molecular flexibility index (Phi) is 5.17. The SMILES string of the molecule is CNc1ncc(-c2ccc3c(=O)c(C(=O)O)cn(C4CC4)c3c2C)cc1C.Cl. The highest BCUT2D eigenvalue weighted by molar-refractivity contribution is 5.95. The van der Waals surface area contributed by atoms with E-state index in [1.165, 1.54) is 6.20 Å². The molecule has 0 unspecified atom stereocenters. The molecule has 0 saturated heterocycles. The number of pyridine rings is 2. The van der Waals surface area contributed by atoms with Crippen LogP contribution < -0.4 is 10.7 Å². The number of carboxylic acids is 1. The van der Waals surface area contributed by atoms with E-state index in [-0.39, 0.29) is 24.0 Å². The number of halogens is 1. The second-order valence-corrected chi connectivity index (χ2v) is 7.09. The lowest BCUT2D eigenvalue weighted by Crippen LogP contribution is -2.19. The van der Waals surface area contributed by atoms with E-state index in [9.17, 15) is 14.7 Å². The fourth-order valence-corrected chi connectivity index (χ4v) is 3.71. The molecule has 0 amide bonds. The van der Waals surface area contributed by atoms with Crippen LogP contribution in [0.4, 0.5) is 5.82 Å². The zero-order valence-electron chi connectivity index (χ0n) is 15.9. The number of hydrogen-bond donors (Lipinski definition) is 2. The summed E-state index contributed by atoms with van der Waals surface area (Å²) >= 11 is 0. The van der Waals surface area contributed by atoms with E-state index < -0.39 is 11.4 Å². The van der Waals surface area contributed by atoms with Crippen LogP contribution in [0.2, 0.25) is 0 Å². The summed E-state index contributed by atoms with van der Waals surface area (Å²) < 4.78 is 1.97. The van der Waals surface area contributed by atoms with Crippen LogP contribution in [0.5, 0.6) is 0 Å². The molecule has 28 heavy (non-hydrogen) atoms. The number of anilines is 1. The van der Waals surface area contributed by atoms with Crippen molar-refractivity contribution in [1.29, 1.82) is 0 Å². The standard InChI is InChI=1S/C21H21N3O3.ClH/c1-11-8-13(9-23-20(11)22-3)15-6-7-16-18(12(15)2)24(14-4-5-14)10-17(19(16)25)21(26)27;/h6-10,14H,4-5H2,1-3H3,(H,22,23)(H,26,27);1H. The first-order chi connectivity index (χ1) is 12.9. The number of rotatable bonds is 4. The molecule has 0 atom stereocenters. The number of aromatic nitrogens is 2. The zero-order valence-corrected chi connectivity index (χ0v) is 16.8. The van der Waals surface area contributed by atoms with Crippen LogP contribution >= 0.6 is 12.4 Å². The lowest BCUT2D eigenvalue weighted by Gasteiger charge is -2.17. The minimum Gasteiger partial charge on any atom is -0.477 e. The predicted molar refractivity (Wildman–Crippen MR) is 113 cm³/mol. The molecule has 1 saturated carbocycles. The number of aryl methyl sites for hydroxylation is 2. The topological polar surface area (TPSA) is 84.2 Å². The van der Waals surface area contributed by atoms with Crippen LogP contribution in [0.3, 0.4) is 0 Å². The summed E-state index contributed by atoms with van der Waals surface area (Å²) in [6.07, 6.45) is 5.32. The number of fused-ring (bicyclic) bond motifs is 1. The molecule has 3 aromatic rings. The van der Waals surface area contributed by atoms with Gasteiger partial charge in [-0.1, -0.05) is 6.07 Å². The van der Waals surface area contributed by atoms with E-state index in [4.69, 9.17) is 0 Å². The molecule has 1 aromatic carbocycles. The molecule has 2 heterocycles. The van der Waals surface area contributed by atoms with Gasteiger partial charge >= 0.3 is 5.97 Å². The number of aromatic carboxylic acids is 1. The summed E-state index contributed by atoms with van der Waals surface area (Å²) in [6.45, 7) is 3.98. The maximum atomic E-state index is 12.7. The molecule has 146 valence electrons. The summed E-state index contributed by atoms with van der Waals surface area (Å²) in [5, 5.41) is 12.9. The molecule has 1 aliphatic rings. The Hall–Kier alpha value is -2.86. The normalized spacial score (nSPS) is 13.2. The van der Waals surface area contributed by atoms with Crippen molar-refractivity contribution in [1.82, 2.24) is 9.55 Å². The van der Waals surface area contributed by atoms with E-state index in [1.807, 2.05) is 37.7 Å². The van der Waals surface area contributed by atoms with Crippen LogP contribution in [0, 0.1) is 13.8 Å². The lowest BCUT2D eigenvalue weighted by molar-refractivity contribution is 0.0695. The molecule has 0 spiro atoms. The number of nitrogens with one attached hydrogen (secondary N) is 1. The fourth-order valence-electron chi connectivity index (χ4n) is 3.71. The predicted octanol–water partition coefficient (Wildman–Crippen LogP) is 4.18. The van der Waals surface area contributed by atoms with Gasteiger partial charge in [0.1, 0.15) is 11.4 Å². The molecule has 1 aliphatic carbocycles. The summed E-state index contributed by atoms with van der Waals surface area (Å²) in [5.41, 5.74) is 4.20. The minimum atomic E-state index is -1.18. The van der Waals surface area contributed by atoms with E-state index >= 15 is 0 Å². The van der Waals surface area contributed by atoms with Gasteiger partial charge in [-0.05, 0) is 55.5 Å². The number of hydrogen-bond acceptors (Lipinski definition) is 4. The highest BCUT2D eigenvalue weighted by atomic mass is 35.5. The third kappa shape index (κ3) is 3.14. The molecule has 4 rings (SSSR count). The third-order valence-electron chi connectivity index (χ3n) is 5.24. The maximum Gasteiger partial charge on any atom is 0.341 e. The Morgan fingerprint density at radius 3 is 2.57 bits per heavy atom. The van der Waals surface area contributed by atoms with Crippen molar-refractivity contribution >= 4 is 35.1 Å². The molecule has 0 aliphatic heterocycles. The van der Waals surface area contributed by atoms with Crippen molar-refractivity contribution in [2.45, 2.75) is 32.7 Å². The minimum absolute atomic E-state index is 0. The molecule has 7 heteroatoms. The second kappa shape index (κ2) is 7.28. The first-order valence-corrected chi connectivity index (χ1v) is 8.99. The van der Waals surface area contributed by atoms with Gasteiger partial charge in [0.05, 0.1) is 5.52 Å². The molecular weight excluding hydrogens is 378 g/mol. The smallest absolute Gasteiger partial charge is 0.341 e. The number of benzene rings is 1. The largest absolute Gasteiger partial charge is 0.477 e. The van der Waals surface area contributed by atoms with Gasteiger partial charge in [0.15, 0.2) is 0 Å². The van der Waals surface area contributed by atoms with E-state index in [0.717, 1.165) is 46.4 Å². The summed E-state index contributed by atoms with van der Waals surface area (Å²) in [7, 11) is 1.84. The van der Waals surface area contributed by atoms with Crippen LogP contribution in [0.15, 0.2) is 35.4 Å². The first-order valence-electron chi connectivity index (χ1n) is 8.99. The zero-order chi connectivity index (χ0) is 19.3. The van der Waals surface area contributed by atoms with Gasteiger partial charge in [-0.15, -0.1) is 12.4 Å². The molecule has 6 nitrogen and oxygen atoms in total. The number of carboxylic acid groups (broad SMARTS) is 1. The van der Waals surface area contributed by atoms with Crippen molar-refractivity contribution in [3.8, 4) is 11.1 Å². The monoisotopic (exact) mass is 399 g/mol. The van der Waals surface area contributed by atoms with Crippen molar-refractivity contribution in [2.75, 3.05) is 12.4 Å². The van der Waals surface area contributed by atoms with Crippen LogP contribution in [-0.2, 0) is 0 Å². The Bertz CT molecular complexity index is 1150. The van der Waals surface area contributed by atoms with Gasteiger partial charge in [0, 0.05) is 36.4 Å². The summed E-state index contributed by atoms with van der Waals surface area (Å²) in [5.74, 6) is -0.348. The molecule has 2 N–H and O–H groups in total. The molecule has 1 fully saturated rings. The summed E-state index contributed by atoms with van der Waals surface area (Å²) in [4.78, 5) is 28.7. The second-order valence-electron chi connectivity index (χ2n) is 7.09. The first kappa shape index (κ1) is 19.9. The third-order valence-corrected chi connectivity index (χ3v) is 5.24. The molecular formula is C21H22ClN3O3. The van der Waals surface area contributed by atoms with Gasteiger partial charge in [-0.3, -0.25) is 4.79 Å². The average molecular weight is 400 g/mol. The van der Waals surface area contributed by atoms with Crippen LogP contribution in [0.1, 0.15) is 40.4 Å². The van der Waals surface area contributed by atoms with Crippen molar-refractivity contribution in [3.05, 3.63) is 57.5 Å². The highest BCUT2D eigenvalue weighted by Gasteiger charge is 2.28. The summed E-state index contributed by atoms with van der Waals surface area (Å²) in [6, 6.07) is 5.95. The fraction of sp³-hybridized carbons (Fsp3) is 0.286. The van der Waals surface area contributed by atoms with Gasteiger partial charge in [-0.2, -0.15) is 0 Å². The van der Waals surface area contributed by atoms with Gasteiger partial charge in [-0.25, -0.2) is 9.78 Å². The molecule has 0 radical (unpaired) electrons. The van der Waals surface area contributed by atoms with Crippen molar-refractivity contribution in [3.63, 3.8) is 0 Å². The number of carbonyl (C=O) groups is 1. The van der Waals surface area contributed by atoms with E-state index in [1.54, 1.807) is 6.07 Å². The molecule has 0 bridgehead atoms. The highest BCUT2D eigenvalue weighted by Crippen LogP contribution is 2.39. The molecule has 2 aromatic heterocycles. The van der Waals surface area contributed by atoms with Crippen molar-refractivity contribution < 1.29 is 9.90 Å². The quantitative estimate of drug-likeness (QED) is 0.687. The number of nitrogens with zero attached hydrogens (tertiary/aromatic N) is 2. The average Bonchev–Trinajstić information content (AvgIpc) is 3.47. The van der Waals surface area contributed by atoms with Crippen LogP contribution in [-0.4, -0.2) is 27.7 Å². The lowest BCUT2D eigenvalue weighted by atomic mass is 9.97. The maximum absolute atomic E-state index is 12.7. The Labute approximate surface area is 168 Å². The van der Waals surface area contributed by atoms with E-state index in [0.29, 0.717) is 5.39 Å². The van der Waals surface area contributed by atoms with E-state index in [2.05, 4.69) is 16.4 Å². The van der Waals surface area contributed by atoms with Gasteiger partial charge in [0.2, 0.25) is 5.43 Å². The Morgan fingerprint density at radius 1 is 1.29 bits per heavy atom. The van der Waals surface area contributed by atoms with Crippen molar-refractivity contribution in [2.24, 2.45) is 0 Å².